The number of alkyl halides is 2. The lowest BCUT2D eigenvalue weighted by Crippen LogP contribution is -2.44. The summed E-state index contributed by atoms with van der Waals surface area (Å²) in [7, 11) is 0. The number of furan rings is 1. The molecule has 1 aliphatic rings. The molecule has 24 heavy (non-hydrogen) atoms. The van der Waals surface area contributed by atoms with Crippen molar-refractivity contribution in [3.8, 4) is 0 Å². The molecular formula is C15H14Cl2F2N4O. The number of hydrogen-bond acceptors (Lipinski definition) is 5. The van der Waals surface area contributed by atoms with Crippen LogP contribution in [0.5, 0.6) is 0 Å². The Bertz CT molecular complexity index is 936. The molecule has 0 bridgehead atoms. The molecule has 1 fully saturated rings. The van der Waals surface area contributed by atoms with Gasteiger partial charge in [0.1, 0.15) is 11.8 Å². The van der Waals surface area contributed by atoms with Gasteiger partial charge in [-0.15, -0.1) is 12.4 Å². The fourth-order valence-electron chi connectivity index (χ4n) is 2.96. The van der Waals surface area contributed by atoms with Crippen LogP contribution in [0.4, 0.5) is 14.6 Å². The zero-order valence-electron chi connectivity index (χ0n) is 12.9. The molecule has 0 spiro atoms. The summed E-state index contributed by atoms with van der Waals surface area (Å²) in [6.45, 7) is 3.67. The largest absolute Gasteiger partial charge is 0.432 e. The van der Waals surface area contributed by atoms with Crippen molar-refractivity contribution in [1.82, 2.24) is 15.0 Å². The molecule has 0 aliphatic heterocycles. The third-order valence-corrected chi connectivity index (χ3v) is 4.73. The molecule has 0 atom stereocenters. The van der Waals surface area contributed by atoms with Crippen molar-refractivity contribution in [3.05, 3.63) is 22.6 Å². The van der Waals surface area contributed by atoms with Crippen LogP contribution in [-0.4, -0.2) is 26.9 Å². The molecule has 0 radical (unpaired) electrons. The molecule has 1 aliphatic carbocycles. The summed E-state index contributed by atoms with van der Waals surface area (Å²) in [5, 5.41) is 4.29. The minimum absolute atomic E-state index is 0. The van der Waals surface area contributed by atoms with Crippen molar-refractivity contribution >= 4 is 52.0 Å². The number of nitrogens with zero attached hydrogens (tertiary/aromatic N) is 3. The van der Waals surface area contributed by atoms with E-state index in [4.69, 9.17) is 16.0 Å². The highest BCUT2D eigenvalue weighted by molar-refractivity contribution is 6.33. The van der Waals surface area contributed by atoms with E-state index in [1.54, 1.807) is 6.92 Å². The molecule has 1 saturated carbocycles. The van der Waals surface area contributed by atoms with Crippen LogP contribution in [-0.2, 0) is 0 Å². The SMILES string of the molecule is Cc1nc2oc3c(NC4CC(F)(F)C4)ncnc3c2c(C)c1Cl.Cl. The molecule has 0 amide bonds. The van der Waals surface area contributed by atoms with Crippen LogP contribution >= 0.6 is 24.0 Å². The number of aromatic nitrogens is 3. The van der Waals surface area contributed by atoms with Gasteiger partial charge in [-0.3, -0.25) is 0 Å². The first-order valence-electron chi connectivity index (χ1n) is 7.20. The van der Waals surface area contributed by atoms with E-state index in [1.165, 1.54) is 6.33 Å². The van der Waals surface area contributed by atoms with E-state index in [0.717, 1.165) is 10.9 Å². The summed E-state index contributed by atoms with van der Waals surface area (Å²) in [6, 6.07) is -0.323. The smallest absolute Gasteiger partial charge is 0.252 e. The molecule has 1 N–H and O–H groups in total. The topological polar surface area (TPSA) is 63.8 Å². The lowest BCUT2D eigenvalue weighted by molar-refractivity contribution is -0.0794. The fourth-order valence-corrected chi connectivity index (χ4v) is 3.09. The molecule has 3 aromatic heterocycles. The molecule has 0 aromatic carbocycles. The van der Waals surface area contributed by atoms with Gasteiger partial charge >= 0.3 is 0 Å². The van der Waals surface area contributed by atoms with Gasteiger partial charge in [0.05, 0.1) is 16.1 Å². The Morgan fingerprint density at radius 3 is 2.67 bits per heavy atom. The number of aryl methyl sites for hydroxylation is 2. The minimum Gasteiger partial charge on any atom is -0.432 e. The van der Waals surface area contributed by atoms with Gasteiger partial charge in [0.25, 0.3) is 5.92 Å². The van der Waals surface area contributed by atoms with Crippen LogP contribution in [0.25, 0.3) is 22.2 Å². The Labute approximate surface area is 147 Å². The fraction of sp³-hybridized carbons (Fsp3) is 0.400. The highest BCUT2D eigenvalue weighted by Crippen LogP contribution is 2.40. The predicted molar refractivity (Wildman–Crippen MR) is 90.4 cm³/mol. The standard InChI is InChI=1S/C15H13ClF2N4O.ClH/c1-6-9-11-12(23-14(9)21-7(2)10(6)16)13(20-5-19-11)22-8-3-15(17,18)4-8;/h5,8H,3-4H2,1-2H3,(H,19,20,22);1H. The maximum Gasteiger partial charge on any atom is 0.252 e. The Morgan fingerprint density at radius 2 is 2.00 bits per heavy atom. The van der Waals surface area contributed by atoms with E-state index in [0.29, 0.717) is 33.3 Å². The van der Waals surface area contributed by atoms with Gasteiger partial charge in [-0.05, 0) is 19.4 Å². The third-order valence-electron chi connectivity index (χ3n) is 4.18. The van der Waals surface area contributed by atoms with E-state index < -0.39 is 5.92 Å². The first kappa shape index (κ1) is 17.1. The minimum atomic E-state index is -2.60. The zero-order valence-corrected chi connectivity index (χ0v) is 14.4. The van der Waals surface area contributed by atoms with Crippen molar-refractivity contribution in [2.24, 2.45) is 0 Å². The predicted octanol–water partition coefficient (Wildman–Crippen LogP) is 4.67. The van der Waals surface area contributed by atoms with Gasteiger partial charge in [-0.25, -0.2) is 23.7 Å². The van der Waals surface area contributed by atoms with Gasteiger partial charge in [-0.2, -0.15) is 0 Å². The average Bonchev–Trinajstić information content (AvgIpc) is 2.82. The van der Waals surface area contributed by atoms with Crippen LogP contribution in [0, 0.1) is 13.8 Å². The average molecular weight is 375 g/mol. The Kier molecular flexibility index (Phi) is 4.04. The third kappa shape index (κ3) is 2.56. The summed E-state index contributed by atoms with van der Waals surface area (Å²) in [4.78, 5) is 12.7. The van der Waals surface area contributed by atoms with E-state index in [-0.39, 0.29) is 31.3 Å². The van der Waals surface area contributed by atoms with Crippen molar-refractivity contribution in [1.29, 1.82) is 0 Å². The number of rotatable bonds is 2. The summed E-state index contributed by atoms with van der Waals surface area (Å²) >= 11 is 6.25. The van der Waals surface area contributed by atoms with Gasteiger partial charge in [-0.1, -0.05) is 11.6 Å². The maximum absolute atomic E-state index is 13.0. The van der Waals surface area contributed by atoms with E-state index >= 15 is 0 Å². The van der Waals surface area contributed by atoms with Gasteiger partial charge < -0.3 is 9.73 Å². The van der Waals surface area contributed by atoms with E-state index in [9.17, 15) is 8.78 Å². The molecular weight excluding hydrogens is 361 g/mol. The Hall–Kier alpha value is -1.73. The lowest BCUT2D eigenvalue weighted by atomic mass is 9.88. The van der Waals surface area contributed by atoms with E-state index in [1.807, 2.05) is 6.92 Å². The van der Waals surface area contributed by atoms with Gasteiger partial charge in [0, 0.05) is 18.9 Å². The molecule has 5 nitrogen and oxygen atoms in total. The maximum atomic E-state index is 13.0. The number of hydrogen-bond donors (Lipinski definition) is 1. The number of halogens is 4. The summed E-state index contributed by atoms with van der Waals surface area (Å²) in [5.74, 6) is -2.19. The lowest BCUT2D eigenvalue weighted by Gasteiger charge is -2.35. The molecule has 9 heteroatoms. The number of fused-ring (bicyclic) bond motifs is 3. The quantitative estimate of drug-likeness (QED) is 0.705. The van der Waals surface area contributed by atoms with E-state index in [2.05, 4.69) is 20.3 Å². The monoisotopic (exact) mass is 374 g/mol. The highest BCUT2D eigenvalue weighted by Gasteiger charge is 2.45. The first-order valence-corrected chi connectivity index (χ1v) is 7.58. The number of nitrogens with one attached hydrogen (secondary N) is 1. The van der Waals surface area contributed by atoms with Crippen LogP contribution in [0.2, 0.25) is 5.02 Å². The second-order valence-electron chi connectivity index (χ2n) is 5.92. The van der Waals surface area contributed by atoms with Crippen molar-refractivity contribution in [3.63, 3.8) is 0 Å². The summed E-state index contributed by atoms with van der Waals surface area (Å²) in [5.41, 5.74) is 2.90. The normalized spacial score (nSPS) is 16.9. The molecule has 128 valence electrons. The first-order chi connectivity index (χ1) is 10.9. The molecule has 0 saturated heterocycles. The van der Waals surface area contributed by atoms with Crippen molar-refractivity contribution in [2.45, 2.75) is 38.7 Å². The van der Waals surface area contributed by atoms with Crippen LogP contribution in [0.3, 0.4) is 0 Å². The number of anilines is 1. The molecule has 3 aromatic rings. The second kappa shape index (κ2) is 5.67. The zero-order chi connectivity index (χ0) is 16.4. The molecule has 4 rings (SSSR count). The summed E-state index contributed by atoms with van der Waals surface area (Å²) < 4.78 is 31.8. The van der Waals surface area contributed by atoms with Gasteiger partial charge in [0.2, 0.25) is 5.71 Å². The van der Waals surface area contributed by atoms with Crippen molar-refractivity contribution < 1.29 is 13.2 Å². The Morgan fingerprint density at radius 1 is 1.29 bits per heavy atom. The van der Waals surface area contributed by atoms with Crippen molar-refractivity contribution in [2.75, 3.05) is 5.32 Å². The van der Waals surface area contributed by atoms with Crippen LogP contribution < -0.4 is 5.32 Å². The number of pyridine rings is 1. The summed E-state index contributed by atoms with van der Waals surface area (Å²) in [6.07, 6.45) is 0.964. The second-order valence-corrected chi connectivity index (χ2v) is 6.30. The highest BCUT2D eigenvalue weighted by atomic mass is 35.5. The molecule has 0 unspecified atom stereocenters. The molecule has 3 heterocycles. The Balaban J connectivity index is 0.00000169. The van der Waals surface area contributed by atoms with Crippen LogP contribution in [0.15, 0.2) is 10.7 Å². The van der Waals surface area contributed by atoms with Crippen LogP contribution in [0.1, 0.15) is 24.1 Å². The van der Waals surface area contributed by atoms with Gasteiger partial charge in [0.15, 0.2) is 11.4 Å².